The zero-order valence-corrected chi connectivity index (χ0v) is 18.9. The summed E-state index contributed by atoms with van der Waals surface area (Å²) in [6.07, 6.45) is 4.83. The summed E-state index contributed by atoms with van der Waals surface area (Å²) in [6, 6.07) is 15.3. The SMILES string of the molecule is COCCN1C(=O)c2ccccc2C(C(=O)NCc2ccc(OC)cc2)C12CCCCC2. The fraction of sp³-hybridized carbons (Fsp3) is 0.462. The zero-order valence-electron chi connectivity index (χ0n) is 18.9. The molecule has 0 saturated heterocycles. The molecular formula is C26H32N2O4. The highest BCUT2D eigenvalue weighted by Gasteiger charge is 2.54. The van der Waals surface area contributed by atoms with E-state index in [1.165, 1.54) is 0 Å². The first-order valence-corrected chi connectivity index (χ1v) is 11.4. The van der Waals surface area contributed by atoms with E-state index in [1.807, 2.05) is 53.4 Å². The minimum absolute atomic E-state index is 0.0127. The largest absolute Gasteiger partial charge is 0.497 e. The Morgan fingerprint density at radius 1 is 1.06 bits per heavy atom. The first-order valence-electron chi connectivity index (χ1n) is 11.4. The molecule has 1 aliphatic carbocycles. The van der Waals surface area contributed by atoms with Crippen molar-refractivity contribution in [2.75, 3.05) is 27.4 Å². The number of fused-ring (bicyclic) bond motifs is 1. The Morgan fingerprint density at radius 2 is 1.78 bits per heavy atom. The van der Waals surface area contributed by atoms with Gasteiger partial charge in [-0.05, 0) is 42.2 Å². The number of nitrogens with one attached hydrogen (secondary N) is 1. The second kappa shape index (κ2) is 9.74. The van der Waals surface area contributed by atoms with Gasteiger partial charge in [-0.2, -0.15) is 0 Å². The molecule has 1 N–H and O–H groups in total. The van der Waals surface area contributed by atoms with E-state index in [2.05, 4.69) is 5.32 Å². The second-order valence-corrected chi connectivity index (χ2v) is 8.70. The zero-order chi connectivity index (χ0) is 22.6. The lowest BCUT2D eigenvalue weighted by molar-refractivity contribution is -0.127. The van der Waals surface area contributed by atoms with E-state index >= 15 is 0 Å². The average molecular weight is 437 g/mol. The Bertz CT molecular complexity index is 951. The molecular weight excluding hydrogens is 404 g/mol. The number of carbonyl (C=O) groups excluding carboxylic acids is 2. The number of rotatable bonds is 7. The number of methoxy groups -OCH3 is 2. The molecule has 32 heavy (non-hydrogen) atoms. The van der Waals surface area contributed by atoms with E-state index in [0.717, 1.165) is 49.0 Å². The molecule has 1 heterocycles. The normalized spacial score (nSPS) is 19.5. The van der Waals surface area contributed by atoms with Crippen molar-refractivity contribution in [1.29, 1.82) is 0 Å². The highest BCUT2D eigenvalue weighted by atomic mass is 16.5. The van der Waals surface area contributed by atoms with Gasteiger partial charge < -0.3 is 19.7 Å². The molecule has 6 nitrogen and oxygen atoms in total. The minimum atomic E-state index is -0.508. The number of carbonyl (C=O) groups is 2. The molecule has 2 aromatic carbocycles. The number of hydrogen-bond acceptors (Lipinski definition) is 4. The van der Waals surface area contributed by atoms with Crippen LogP contribution >= 0.6 is 0 Å². The fourth-order valence-corrected chi connectivity index (χ4v) is 5.39. The highest BCUT2D eigenvalue weighted by molar-refractivity contribution is 6.02. The Labute approximate surface area is 189 Å². The van der Waals surface area contributed by atoms with E-state index in [-0.39, 0.29) is 11.8 Å². The van der Waals surface area contributed by atoms with Gasteiger partial charge in [0.15, 0.2) is 0 Å². The maximum Gasteiger partial charge on any atom is 0.254 e. The van der Waals surface area contributed by atoms with Crippen molar-refractivity contribution < 1.29 is 19.1 Å². The average Bonchev–Trinajstić information content (AvgIpc) is 2.83. The number of amides is 2. The Hall–Kier alpha value is -2.86. The van der Waals surface area contributed by atoms with Gasteiger partial charge in [0.1, 0.15) is 5.75 Å². The van der Waals surface area contributed by atoms with Crippen LogP contribution < -0.4 is 10.1 Å². The smallest absolute Gasteiger partial charge is 0.254 e. The van der Waals surface area contributed by atoms with Crippen LogP contribution in [0, 0.1) is 0 Å². The van der Waals surface area contributed by atoms with Crippen molar-refractivity contribution in [2.24, 2.45) is 0 Å². The quantitative estimate of drug-likeness (QED) is 0.715. The Morgan fingerprint density at radius 3 is 2.47 bits per heavy atom. The first kappa shape index (κ1) is 22.3. The molecule has 2 aliphatic rings. The summed E-state index contributed by atoms with van der Waals surface area (Å²) in [6.45, 7) is 1.38. The molecule has 0 aromatic heterocycles. The number of ether oxygens (including phenoxy) is 2. The van der Waals surface area contributed by atoms with Crippen molar-refractivity contribution in [1.82, 2.24) is 10.2 Å². The van der Waals surface area contributed by atoms with Crippen LogP contribution in [0.2, 0.25) is 0 Å². The van der Waals surface area contributed by atoms with E-state index < -0.39 is 11.5 Å². The van der Waals surface area contributed by atoms with Gasteiger partial charge in [0, 0.05) is 25.8 Å². The number of benzene rings is 2. The van der Waals surface area contributed by atoms with Gasteiger partial charge in [-0.15, -0.1) is 0 Å². The lowest BCUT2D eigenvalue weighted by Crippen LogP contribution is -2.63. The third kappa shape index (κ3) is 4.11. The van der Waals surface area contributed by atoms with Gasteiger partial charge in [0.25, 0.3) is 5.91 Å². The van der Waals surface area contributed by atoms with E-state index in [0.29, 0.717) is 25.3 Å². The molecule has 2 aromatic rings. The highest BCUT2D eigenvalue weighted by Crippen LogP contribution is 2.49. The summed E-state index contributed by atoms with van der Waals surface area (Å²) in [5.74, 6) is 0.380. The summed E-state index contributed by atoms with van der Waals surface area (Å²) < 4.78 is 10.6. The predicted molar refractivity (Wildman–Crippen MR) is 123 cm³/mol. The van der Waals surface area contributed by atoms with Gasteiger partial charge in [-0.25, -0.2) is 0 Å². The maximum absolute atomic E-state index is 13.8. The van der Waals surface area contributed by atoms with E-state index in [4.69, 9.17) is 9.47 Å². The van der Waals surface area contributed by atoms with E-state index in [9.17, 15) is 9.59 Å². The summed E-state index contributed by atoms with van der Waals surface area (Å²) in [5, 5.41) is 3.16. The van der Waals surface area contributed by atoms with Crippen molar-refractivity contribution >= 4 is 11.8 Å². The summed E-state index contributed by atoms with van der Waals surface area (Å²) in [7, 11) is 3.28. The molecule has 1 spiro atoms. The van der Waals surface area contributed by atoms with Crippen LogP contribution in [0.15, 0.2) is 48.5 Å². The molecule has 1 saturated carbocycles. The Balaban J connectivity index is 1.67. The minimum Gasteiger partial charge on any atom is -0.497 e. The van der Waals surface area contributed by atoms with Gasteiger partial charge in [-0.3, -0.25) is 9.59 Å². The van der Waals surface area contributed by atoms with Gasteiger partial charge in [-0.1, -0.05) is 49.6 Å². The van der Waals surface area contributed by atoms with Crippen LogP contribution in [0.5, 0.6) is 5.75 Å². The Kier molecular flexibility index (Phi) is 6.80. The molecule has 1 fully saturated rings. The van der Waals surface area contributed by atoms with Crippen LogP contribution in [0.4, 0.5) is 0 Å². The number of nitrogens with zero attached hydrogens (tertiary/aromatic N) is 1. The molecule has 1 unspecified atom stereocenters. The molecule has 1 aliphatic heterocycles. The molecule has 4 rings (SSSR count). The second-order valence-electron chi connectivity index (χ2n) is 8.70. The van der Waals surface area contributed by atoms with Gasteiger partial charge >= 0.3 is 0 Å². The molecule has 170 valence electrons. The summed E-state index contributed by atoms with van der Waals surface area (Å²) in [4.78, 5) is 29.2. The number of hydrogen-bond donors (Lipinski definition) is 1. The van der Waals surface area contributed by atoms with Crippen LogP contribution in [0.1, 0.15) is 59.5 Å². The van der Waals surface area contributed by atoms with Crippen LogP contribution in [-0.2, 0) is 16.1 Å². The molecule has 2 amide bonds. The van der Waals surface area contributed by atoms with Crippen molar-refractivity contribution in [3.8, 4) is 5.75 Å². The van der Waals surface area contributed by atoms with Crippen molar-refractivity contribution in [3.63, 3.8) is 0 Å². The van der Waals surface area contributed by atoms with Crippen LogP contribution in [0.25, 0.3) is 0 Å². The third-order valence-electron chi connectivity index (χ3n) is 6.95. The lowest BCUT2D eigenvalue weighted by atomic mass is 9.65. The van der Waals surface area contributed by atoms with Crippen LogP contribution in [0.3, 0.4) is 0 Å². The molecule has 0 bridgehead atoms. The summed E-state index contributed by atoms with van der Waals surface area (Å²) >= 11 is 0. The lowest BCUT2D eigenvalue weighted by Gasteiger charge is -2.53. The summed E-state index contributed by atoms with van der Waals surface area (Å²) in [5.41, 5.74) is 1.98. The predicted octanol–water partition coefficient (Wildman–Crippen LogP) is 3.90. The fourth-order valence-electron chi connectivity index (χ4n) is 5.39. The first-order chi connectivity index (χ1) is 15.6. The molecule has 6 heteroatoms. The van der Waals surface area contributed by atoms with Crippen molar-refractivity contribution in [2.45, 2.75) is 50.1 Å². The van der Waals surface area contributed by atoms with Crippen molar-refractivity contribution in [3.05, 3.63) is 65.2 Å². The molecule has 0 radical (unpaired) electrons. The van der Waals surface area contributed by atoms with Crippen LogP contribution in [-0.4, -0.2) is 49.6 Å². The van der Waals surface area contributed by atoms with Gasteiger partial charge in [0.2, 0.25) is 5.91 Å². The molecule has 1 atom stereocenters. The van der Waals surface area contributed by atoms with Gasteiger partial charge in [0.05, 0.1) is 25.2 Å². The topological polar surface area (TPSA) is 67.9 Å². The standard InChI is InChI=1S/C26H32N2O4/c1-31-17-16-28-25(30)22-9-5-4-8-21(22)23(26(28)14-6-3-7-15-26)24(29)27-18-19-10-12-20(32-2)13-11-19/h4-5,8-13,23H,3,6-7,14-18H2,1-2H3,(H,27,29). The maximum atomic E-state index is 13.8. The van der Waals surface area contributed by atoms with E-state index in [1.54, 1.807) is 14.2 Å². The monoisotopic (exact) mass is 436 g/mol. The third-order valence-corrected chi connectivity index (χ3v) is 6.95.